The minimum absolute atomic E-state index is 0.0641. The van der Waals surface area contributed by atoms with Crippen molar-refractivity contribution in [3.63, 3.8) is 0 Å². The first-order valence-corrected chi connectivity index (χ1v) is 7.15. The Morgan fingerprint density at radius 2 is 1.59 bits per heavy atom. The molecule has 0 saturated heterocycles. The molecule has 22 heavy (non-hydrogen) atoms. The van der Waals surface area contributed by atoms with Gasteiger partial charge < -0.3 is 14.4 Å². The molecule has 0 aliphatic carbocycles. The maximum atomic E-state index is 9.25. The van der Waals surface area contributed by atoms with E-state index < -0.39 is 0 Å². The zero-order valence-corrected chi connectivity index (χ0v) is 12.1. The number of aromatic nitrogens is 2. The van der Waals surface area contributed by atoms with Crippen molar-refractivity contribution in [1.29, 1.82) is 0 Å². The summed E-state index contributed by atoms with van der Waals surface area (Å²) in [6.45, 7) is 1.03. The summed E-state index contributed by atoms with van der Waals surface area (Å²) in [5.41, 5.74) is 1.91. The van der Waals surface area contributed by atoms with Gasteiger partial charge in [-0.3, -0.25) is 0 Å². The van der Waals surface area contributed by atoms with Crippen LogP contribution < -0.4 is 4.90 Å². The van der Waals surface area contributed by atoms with Crippen LogP contribution in [-0.2, 0) is 6.54 Å². The summed E-state index contributed by atoms with van der Waals surface area (Å²) in [5, 5.41) is 17.4. The second-order valence-corrected chi connectivity index (χ2v) is 4.85. The lowest BCUT2D eigenvalue weighted by Gasteiger charge is -2.21. The average molecular weight is 295 g/mol. The molecule has 0 radical (unpaired) electrons. The lowest BCUT2D eigenvalue weighted by Crippen LogP contribution is -2.26. The van der Waals surface area contributed by atoms with Gasteiger partial charge in [0.2, 0.25) is 11.8 Å². The lowest BCUT2D eigenvalue weighted by molar-refractivity contribution is 0.300. The van der Waals surface area contributed by atoms with E-state index in [4.69, 9.17) is 4.42 Å². The number of anilines is 1. The maximum Gasteiger partial charge on any atom is 0.247 e. The third-order valence-electron chi connectivity index (χ3n) is 3.30. The number of aliphatic hydroxyl groups excluding tert-OH is 1. The summed E-state index contributed by atoms with van der Waals surface area (Å²) in [6.07, 6.45) is 0. The predicted molar refractivity (Wildman–Crippen MR) is 84.3 cm³/mol. The fraction of sp³-hybridized carbons (Fsp3) is 0.176. The molecule has 3 rings (SSSR count). The molecule has 3 aromatic rings. The summed E-state index contributed by atoms with van der Waals surface area (Å²) in [6, 6.07) is 19.5. The highest BCUT2D eigenvalue weighted by Gasteiger charge is 2.13. The fourth-order valence-electron chi connectivity index (χ4n) is 2.24. The molecule has 0 amide bonds. The Bertz CT molecular complexity index is 698. The Labute approximate surface area is 128 Å². The lowest BCUT2D eigenvalue weighted by atomic mass is 10.2. The number of rotatable bonds is 6. The van der Waals surface area contributed by atoms with E-state index in [0.29, 0.717) is 24.9 Å². The molecule has 5 heteroatoms. The Morgan fingerprint density at radius 1 is 0.909 bits per heavy atom. The van der Waals surface area contributed by atoms with Gasteiger partial charge in [-0.2, -0.15) is 0 Å². The van der Waals surface area contributed by atoms with Gasteiger partial charge in [0.1, 0.15) is 0 Å². The van der Waals surface area contributed by atoms with Crippen molar-refractivity contribution in [2.75, 3.05) is 18.1 Å². The molecular formula is C17H17N3O2. The minimum atomic E-state index is 0.0641. The summed E-state index contributed by atoms with van der Waals surface area (Å²) in [4.78, 5) is 2.00. The smallest absolute Gasteiger partial charge is 0.247 e. The number of nitrogens with zero attached hydrogens (tertiary/aromatic N) is 3. The Kier molecular flexibility index (Phi) is 4.46. The summed E-state index contributed by atoms with van der Waals surface area (Å²) in [7, 11) is 0. The molecule has 0 saturated carbocycles. The largest absolute Gasteiger partial charge is 0.419 e. The van der Waals surface area contributed by atoms with Crippen LogP contribution in [-0.4, -0.2) is 28.5 Å². The van der Waals surface area contributed by atoms with E-state index in [2.05, 4.69) is 10.2 Å². The number of benzene rings is 2. The fourth-order valence-corrected chi connectivity index (χ4v) is 2.24. The molecule has 0 aliphatic rings. The Morgan fingerprint density at radius 3 is 2.27 bits per heavy atom. The van der Waals surface area contributed by atoms with E-state index in [-0.39, 0.29) is 6.61 Å². The zero-order valence-electron chi connectivity index (χ0n) is 12.1. The van der Waals surface area contributed by atoms with E-state index in [0.717, 1.165) is 11.3 Å². The van der Waals surface area contributed by atoms with Crippen LogP contribution in [0.25, 0.3) is 11.5 Å². The van der Waals surface area contributed by atoms with Crippen molar-refractivity contribution >= 4 is 5.69 Å². The Hall–Kier alpha value is -2.66. The van der Waals surface area contributed by atoms with Gasteiger partial charge in [0, 0.05) is 17.8 Å². The molecule has 0 spiro atoms. The van der Waals surface area contributed by atoms with Gasteiger partial charge in [-0.25, -0.2) is 0 Å². The molecule has 0 aliphatic heterocycles. The van der Waals surface area contributed by atoms with E-state index in [1.165, 1.54) is 0 Å². The van der Waals surface area contributed by atoms with Gasteiger partial charge in [0.25, 0.3) is 0 Å². The molecular weight excluding hydrogens is 278 g/mol. The average Bonchev–Trinajstić information content (AvgIpc) is 3.05. The van der Waals surface area contributed by atoms with Crippen LogP contribution in [0.1, 0.15) is 5.89 Å². The van der Waals surface area contributed by atoms with Crippen LogP contribution in [0.4, 0.5) is 5.69 Å². The van der Waals surface area contributed by atoms with Crippen LogP contribution in [0.2, 0.25) is 0 Å². The van der Waals surface area contributed by atoms with Gasteiger partial charge in [-0.15, -0.1) is 10.2 Å². The number of hydrogen-bond donors (Lipinski definition) is 1. The summed E-state index contributed by atoms with van der Waals surface area (Å²) >= 11 is 0. The highest BCUT2D eigenvalue weighted by atomic mass is 16.4. The minimum Gasteiger partial charge on any atom is -0.419 e. The van der Waals surface area contributed by atoms with Gasteiger partial charge in [-0.1, -0.05) is 36.4 Å². The summed E-state index contributed by atoms with van der Waals surface area (Å²) < 4.78 is 5.72. The molecule has 0 fully saturated rings. The SMILES string of the molecule is OCCN(Cc1nnc(-c2ccccc2)o1)c1ccccc1. The third kappa shape index (κ3) is 3.32. The zero-order chi connectivity index (χ0) is 15.2. The normalized spacial score (nSPS) is 10.6. The van der Waals surface area contributed by atoms with Crippen LogP contribution in [0.3, 0.4) is 0 Å². The van der Waals surface area contributed by atoms with Crippen molar-refractivity contribution in [3.05, 3.63) is 66.6 Å². The second-order valence-electron chi connectivity index (χ2n) is 4.85. The molecule has 5 nitrogen and oxygen atoms in total. The predicted octanol–water partition coefficient (Wildman–Crippen LogP) is 2.74. The van der Waals surface area contributed by atoms with Crippen molar-refractivity contribution in [3.8, 4) is 11.5 Å². The molecule has 1 N–H and O–H groups in total. The number of para-hydroxylation sites is 1. The summed E-state index contributed by atoms with van der Waals surface area (Å²) in [5.74, 6) is 1.03. The van der Waals surface area contributed by atoms with Gasteiger partial charge >= 0.3 is 0 Å². The van der Waals surface area contributed by atoms with Crippen molar-refractivity contribution in [1.82, 2.24) is 10.2 Å². The quantitative estimate of drug-likeness (QED) is 0.757. The number of hydrogen-bond acceptors (Lipinski definition) is 5. The molecule has 1 heterocycles. The van der Waals surface area contributed by atoms with Crippen molar-refractivity contribution in [2.45, 2.75) is 6.54 Å². The Balaban J connectivity index is 1.78. The monoisotopic (exact) mass is 295 g/mol. The second kappa shape index (κ2) is 6.87. The van der Waals surface area contributed by atoms with E-state index in [1.54, 1.807) is 0 Å². The van der Waals surface area contributed by atoms with Crippen LogP contribution >= 0.6 is 0 Å². The van der Waals surface area contributed by atoms with Crippen molar-refractivity contribution in [2.24, 2.45) is 0 Å². The van der Waals surface area contributed by atoms with Crippen LogP contribution in [0, 0.1) is 0 Å². The standard InChI is InChI=1S/C17H17N3O2/c21-12-11-20(15-9-5-2-6-10-15)13-16-18-19-17(22-16)14-7-3-1-4-8-14/h1-10,21H,11-13H2. The molecule has 0 bridgehead atoms. The molecule has 2 aromatic carbocycles. The van der Waals surface area contributed by atoms with E-state index in [9.17, 15) is 5.11 Å². The topological polar surface area (TPSA) is 62.4 Å². The molecule has 1 aromatic heterocycles. The first-order chi connectivity index (χ1) is 10.9. The third-order valence-corrected chi connectivity index (χ3v) is 3.30. The van der Waals surface area contributed by atoms with E-state index >= 15 is 0 Å². The van der Waals surface area contributed by atoms with Crippen LogP contribution in [0.15, 0.2) is 65.1 Å². The maximum absolute atomic E-state index is 9.25. The van der Waals surface area contributed by atoms with Gasteiger partial charge in [-0.05, 0) is 24.3 Å². The molecule has 0 atom stereocenters. The highest BCUT2D eigenvalue weighted by molar-refractivity contribution is 5.52. The van der Waals surface area contributed by atoms with Gasteiger partial charge in [0.15, 0.2) is 0 Å². The van der Waals surface area contributed by atoms with Gasteiger partial charge in [0.05, 0.1) is 13.2 Å². The first-order valence-electron chi connectivity index (χ1n) is 7.15. The first kappa shape index (κ1) is 14.3. The number of aliphatic hydroxyl groups is 1. The van der Waals surface area contributed by atoms with E-state index in [1.807, 2.05) is 65.6 Å². The van der Waals surface area contributed by atoms with Crippen molar-refractivity contribution < 1.29 is 9.52 Å². The molecule has 0 unspecified atom stereocenters. The highest BCUT2D eigenvalue weighted by Crippen LogP contribution is 2.20. The molecule has 112 valence electrons. The van der Waals surface area contributed by atoms with Crippen LogP contribution in [0.5, 0.6) is 0 Å².